The predicted octanol–water partition coefficient (Wildman–Crippen LogP) is 5.28. The Bertz CT molecular complexity index is 588. The Morgan fingerprint density at radius 1 is 1.16 bits per heavy atom. The van der Waals surface area contributed by atoms with Crippen molar-refractivity contribution in [3.8, 4) is 17.2 Å². The third kappa shape index (κ3) is 3.28. The van der Waals surface area contributed by atoms with Crippen molar-refractivity contribution in [1.29, 1.82) is 0 Å². The molecular formula is C14H11Br2FO2. The monoisotopic (exact) mass is 388 g/mol. The molecule has 0 bridgehead atoms. The van der Waals surface area contributed by atoms with E-state index in [0.717, 1.165) is 10.2 Å². The van der Waals surface area contributed by atoms with Gasteiger partial charge < -0.3 is 9.47 Å². The number of alkyl halides is 1. The summed E-state index contributed by atoms with van der Waals surface area (Å²) in [6.07, 6.45) is 0. The van der Waals surface area contributed by atoms with Gasteiger partial charge in [0.1, 0.15) is 23.1 Å². The first-order chi connectivity index (χ1) is 9.15. The van der Waals surface area contributed by atoms with Crippen molar-refractivity contribution in [1.82, 2.24) is 0 Å². The van der Waals surface area contributed by atoms with Gasteiger partial charge in [-0.1, -0.05) is 22.0 Å². The van der Waals surface area contributed by atoms with Crippen molar-refractivity contribution in [2.45, 2.75) is 5.33 Å². The predicted molar refractivity (Wildman–Crippen MR) is 79.8 cm³/mol. The Labute approximate surface area is 127 Å². The zero-order chi connectivity index (χ0) is 13.8. The zero-order valence-electron chi connectivity index (χ0n) is 10.1. The maximum absolute atomic E-state index is 13.6. The molecule has 0 aliphatic carbocycles. The smallest absolute Gasteiger partial charge is 0.141 e. The second-order valence-corrected chi connectivity index (χ2v) is 5.16. The van der Waals surface area contributed by atoms with Crippen LogP contribution < -0.4 is 9.47 Å². The highest BCUT2D eigenvalue weighted by molar-refractivity contribution is 9.10. The highest BCUT2D eigenvalue weighted by Gasteiger charge is 2.11. The van der Waals surface area contributed by atoms with E-state index < -0.39 is 0 Å². The Balaban J connectivity index is 2.34. The molecule has 2 nitrogen and oxygen atoms in total. The van der Waals surface area contributed by atoms with Crippen LogP contribution in [0.25, 0.3) is 0 Å². The van der Waals surface area contributed by atoms with Crippen LogP contribution in [0.15, 0.2) is 40.9 Å². The van der Waals surface area contributed by atoms with Crippen molar-refractivity contribution in [3.05, 3.63) is 52.3 Å². The molecule has 0 aliphatic rings. The fourth-order valence-electron chi connectivity index (χ4n) is 1.57. The molecule has 0 aromatic heterocycles. The molecule has 0 heterocycles. The highest BCUT2D eigenvalue weighted by atomic mass is 79.9. The summed E-state index contributed by atoms with van der Waals surface area (Å²) < 4.78 is 25.2. The lowest BCUT2D eigenvalue weighted by atomic mass is 10.2. The van der Waals surface area contributed by atoms with E-state index in [0.29, 0.717) is 22.4 Å². The molecule has 0 unspecified atom stereocenters. The minimum Gasteiger partial charge on any atom is -0.497 e. The van der Waals surface area contributed by atoms with Gasteiger partial charge in [0.2, 0.25) is 0 Å². The molecule has 0 amide bonds. The van der Waals surface area contributed by atoms with Gasteiger partial charge in [-0.2, -0.15) is 0 Å². The molecule has 19 heavy (non-hydrogen) atoms. The van der Waals surface area contributed by atoms with Crippen LogP contribution in [0.3, 0.4) is 0 Å². The lowest BCUT2D eigenvalue weighted by molar-refractivity contribution is 0.412. The maximum Gasteiger partial charge on any atom is 0.141 e. The van der Waals surface area contributed by atoms with Crippen LogP contribution in [-0.4, -0.2) is 7.11 Å². The lowest BCUT2D eigenvalue weighted by Gasteiger charge is -2.12. The van der Waals surface area contributed by atoms with Gasteiger partial charge in [0, 0.05) is 10.9 Å². The number of hydrogen-bond acceptors (Lipinski definition) is 2. The highest BCUT2D eigenvalue weighted by Crippen LogP contribution is 2.35. The third-order valence-corrected chi connectivity index (χ3v) is 3.75. The van der Waals surface area contributed by atoms with Gasteiger partial charge in [0.25, 0.3) is 0 Å². The fourth-order valence-corrected chi connectivity index (χ4v) is 2.56. The van der Waals surface area contributed by atoms with Crippen LogP contribution in [0, 0.1) is 5.82 Å². The second-order valence-electron chi connectivity index (χ2n) is 3.75. The molecule has 2 aromatic rings. The van der Waals surface area contributed by atoms with Gasteiger partial charge in [0.05, 0.1) is 11.6 Å². The SMILES string of the molecule is COc1ccc(Oc2cccc(F)c2CBr)c(Br)c1. The minimum absolute atomic E-state index is 0.293. The number of halogens is 3. The lowest BCUT2D eigenvalue weighted by Crippen LogP contribution is -1.94. The maximum atomic E-state index is 13.6. The quantitative estimate of drug-likeness (QED) is 0.662. The zero-order valence-corrected chi connectivity index (χ0v) is 13.3. The number of hydrogen-bond donors (Lipinski definition) is 0. The van der Waals surface area contributed by atoms with Crippen LogP contribution >= 0.6 is 31.9 Å². The largest absolute Gasteiger partial charge is 0.497 e. The average molecular weight is 390 g/mol. The van der Waals surface area contributed by atoms with Gasteiger partial charge >= 0.3 is 0 Å². The number of rotatable bonds is 4. The third-order valence-electron chi connectivity index (χ3n) is 2.57. The molecule has 0 fully saturated rings. The number of benzene rings is 2. The summed E-state index contributed by atoms with van der Waals surface area (Å²) in [6, 6.07) is 10.1. The molecule has 5 heteroatoms. The number of ether oxygens (including phenoxy) is 2. The van der Waals surface area contributed by atoms with Crippen LogP contribution in [0.4, 0.5) is 4.39 Å². The van der Waals surface area contributed by atoms with Gasteiger partial charge in [-0.05, 0) is 46.3 Å². The molecule has 0 saturated heterocycles. The van der Waals surface area contributed by atoms with E-state index in [9.17, 15) is 4.39 Å². The summed E-state index contributed by atoms with van der Waals surface area (Å²) in [6.45, 7) is 0. The fraction of sp³-hybridized carbons (Fsp3) is 0.143. The van der Waals surface area contributed by atoms with E-state index in [4.69, 9.17) is 9.47 Å². The first-order valence-corrected chi connectivity index (χ1v) is 7.42. The van der Waals surface area contributed by atoms with Crippen LogP contribution in [0.1, 0.15) is 5.56 Å². The van der Waals surface area contributed by atoms with Crippen molar-refractivity contribution in [2.24, 2.45) is 0 Å². The summed E-state index contributed by atoms with van der Waals surface area (Å²) in [7, 11) is 1.60. The molecule has 2 aromatic carbocycles. The summed E-state index contributed by atoms with van der Waals surface area (Å²) in [4.78, 5) is 0. The normalized spacial score (nSPS) is 10.3. The van der Waals surface area contributed by atoms with Crippen LogP contribution in [0.5, 0.6) is 17.2 Å². The standard InChI is InChI=1S/C14H11Br2FO2/c1-18-9-5-6-14(11(16)7-9)19-13-4-2-3-12(17)10(13)8-15/h2-7H,8H2,1H3. The van der Waals surface area contributed by atoms with Gasteiger partial charge in [-0.15, -0.1) is 0 Å². The topological polar surface area (TPSA) is 18.5 Å². The van der Waals surface area contributed by atoms with E-state index >= 15 is 0 Å². The number of methoxy groups -OCH3 is 1. The Morgan fingerprint density at radius 2 is 1.95 bits per heavy atom. The summed E-state index contributed by atoms with van der Waals surface area (Å²) >= 11 is 6.66. The van der Waals surface area contributed by atoms with Crippen molar-refractivity contribution >= 4 is 31.9 Å². The first-order valence-electron chi connectivity index (χ1n) is 5.50. The molecule has 0 atom stereocenters. The van der Waals surface area contributed by atoms with Crippen LogP contribution in [0.2, 0.25) is 0 Å². The Hall–Kier alpha value is -1.07. The van der Waals surface area contributed by atoms with E-state index in [2.05, 4.69) is 31.9 Å². The van der Waals surface area contributed by atoms with Gasteiger partial charge in [0.15, 0.2) is 0 Å². The van der Waals surface area contributed by atoms with Crippen molar-refractivity contribution in [3.63, 3.8) is 0 Å². The molecular weight excluding hydrogens is 379 g/mol. The van der Waals surface area contributed by atoms with E-state index in [1.807, 2.05) is 0 Å². The second kappa shape index (κ2) is 6.39. The summed E-state index contributed by atoms with van der Waals surface area (Å²) in [5, 5.41) is 0.392. The van der Waals surface area contributed by atoms with E-state index in [1.54, 1.807) is 37.4 Å². The molecule has 0 aliphatic heterocycles. The molecule has 100 valence electrons. The van der Waals surface area contributed by atoms with Crippen molar-refractivity contribution < 1.29 is 13.9 Å². The summed E-state index contributed by atoms with van der Waals surface area (Å²) in [5.41, 5.74) is 0.491. The Kier molecular flexibility index (Phi) is 4.82. The first kappa shape index (κ1) is 14.3. The van der Waals surface area contributed by atoms with Gasteiger partial charge in [-0.25, -0.2) is 4.39 Å². The minimum atomic E-state index is -0.293. The molecule has 0 spiro atoms. The molecule has 0 radical (unpaired) electrons. The van der Waals surface area contributed by atoms with Gasteiger partial charge in [-0.3, -0.25) is 0 Å². The van der Waals surface area contributed by atoms with Crippen molar-refractivity contribution in [2.75, 3.05) is 7.11 Å². The average Bonchev–Trinajstić information content (AvgIpc) is 2.41. The van der Waals surface area contributed by atoms with E-state index in [-0.39, 0.29) is 5.82 Å². The van der Waals surface area contributed by atoms with E-state index in [1.165, 1.54) is 6.07 Å². The molecule has 0 saturated carbocycles. The Morgan fingerprint density at radius 3 is 2.58 bits per heavy atom. The molecule has 2 rings (SSSR count). The summed E-state index contributed by atoms with van der Waals surface area (Å²) in [5.74, 6) is 1.52. The van der Waals surface area contributed by atoms with Crippen LogP contribution in [-0.2, 0) is 5.33 Å². The molecule has 0 N–H and O–H groups in total.